The molecule has 33 heavy (non-hydrogen) atoms. The first-order chi connectivity index (χ1) is 16.3. The molecule has 0 amide bonds. The summed E-state index contributed by atoms with van der Waals surface area (Å²) in [6.45, 7) is 4.73. The highest BCUT2D eigenvalue weighted by molar-refractivity contribution is 9.10. The zero-order valence-corrected chi connectivity index (χ0v) is 19.9. The zero-order valence-electron chi connectivity index (χ0n) is 18.3. The smallest absolute Gasteiger partial charge is 0.121 e. The van der Waals surface area contributed by atoms with Crippen LogP contribution >= 0.6 is 15.9 Å². The minimum Gasteiger partial charge on any atom is -0.379 e. The molecule has 0 bridgehead atoms. The van der Waals surface area contributed by atoms with Gasteiger partial charge in [-0.2, -0.15) is 0 Å². The summed E-state index contributed by atoms with van der Waals surface area (Å²) in [4.78, 5) is 2.52. The topological polar surface area (TPSA) is 43.2 Å². The fraction of sp³-hybridized carbons (Fsp3) is 0.259. The van der Waals surface area contributed by atoms with Crippen LogP contribution < -0.4 is 0 Å². The number of ether oxygens (including phenoxy) is 1. The van der Waals surface area contributed by atoms with Crippen molar-refractivity contribution >= 4 is 15.9 Å². The number of hydrogen-bond donors (Lipinski definition) is 0. The van der Waals surface area contributed by atoms with E-state index in [9.17, 15) is 0 Å². The largest absolute Gasteiger partial charge is 0.379 e. The second-order valence-electron chi connectivity index (χ2n) is 8.64. The molecule has 0 spiro atoms. The van der Waals surface area contributed by atoms with Gasteiger partial charge in [-0.25, -0.2) is 4.68 Å². The van der Waals surface area contributed by atoms with Crippen molar-refractivity contribution in [3.05, 3.63) is 88.4 Å². The lowest BCUT2D eigenvalue weighted by Crippen LogP contribution is -2.37. The Morgan fingerprint density at radius 1 is 0.848 bits per heavy atom. The van der Waals surface area contributed by atoms with Gasteiger partial charge >= 0.3 is 0 Å². The number of halogens is 1. The van der Waals surface area contributed by atoms with Gasteiger partial charge in [0.2, 0.25) is 0 Å². The van der Waals surface area contributed by atoms with Gasteiger partial charge in [0, 0.05) is 34.6 Å². The average Bonchev–Trinajstić information content (AvgIpc) is 3.26. The summed E-state index contributed by atoms with van der Waals surface area (Å²) < 4.78 is 8.59. The summed E-state index contributed by atoms with van der Waals surface area (Å²) in [6.07, 6.45) is 1.06. The minimum absolute atomic E-state index is 0.299. The normalized spacial score (nSPS) is 17.7. The highest BCUT2D eigenvalue weighted by Crippen LogP contribution is 2.46. The van der Waals surface area contributed by atoms with Gasteiger partial charge in [0.1, 0.15) is 11.4 Å². The Morgan fingerprint density at radius 3 is 2.27 bits per heavy atom. The summed E-state index contributed by atoms with van der Waals surface area (Å²) in [5, 5.41) is 9.33. The molecule has 3 aromatic carbocycles. The average molecular weight is 501 g/mol. The molecule has 1 saturated heterocycles. The van der Waals surface area contributed by atoms with Gasteiger partial charge in [0.05, 0.1) is 18.9 Å². The van der Waals surface area contributed by atoms with E-state index in [1.54, 1.807) is 0 Å². The number of morpholine rings is 1. The Hall–Kier alpha value is -2.80. The van der Waals surface area contributed by atoms with Crippen molar-refractivity contribution in [2.24, 2.45) is 0 Å². The van der Waals surface area contributed by atoms with E-state index >= 15 is 0 Å². The summed E-state index contributed by atoms with van der Waals surface area (Å²) in [5.41, 5.74) is 8.09. The number of benzene rings is 3. The molecule has 1 aromatic heterocycles. The van der Waals surface area contributed by atoms with E-state index in [1.807, 2.05) is 16.8 Å². The van der Waals surface area contributed by atoms with Gasteiger partial charge in [-0.1, -0.05) is 69.7 Å². The van der Waals surface area contributed by atoms with Crippen molar-refractivity contribution in [2.45, 2.75) is 12.3 Å². The van der Waals surface area contributed by atoms with Gasteiger partial charge in [-0.05, 0) is 48.4 Å². The molecular formula is C27H25BrN4O. The van der Waals surface area contributed by atoms with Crippen LogP contribution in [0.2, 0.25) is 0 Å². The van der Waals surface area contributed by atoms with Crippen LogP contribution in [0.5, 0.6) is 0 Å². The predicted molar refractivity (Wildman–Crippen MR) is 134 cm³/mol. The monoisotopic (exact) mass is 500 g/mol. The second kappa shape index (κ2) is 8.86. The molecule has 6 heteroatoms. The molecule has 5 nitrogen and oxygen atoms in total. The SMILES string of the molecule is Brc1ccc(-n2nnc3c2-c2ccccc2C(CCN2CCOCC2)c2ccccc2-3)cc1. The maximum Gasteiger partial charge on any atom is 0.121 e. The molecular weight excluding hydrogens is 476 g/mol. The lowest BCUT2D eigenvalue weighted by atomic mass is 9.85. The predicted octanol–water partition coefficient (Wildman–Crippen LogP) is 5.53. The fourth-order valence-corrected chi connectivity index (χ4v) is 5.38. The number of hydrogen-bond acceptors (Lipinski definition) is 4. The van der Waals surface area contributed by atoms with E-state index in [2.05, 4.69) is 86.7 Å². The molecule has 0 N–H and O–H groups in total. The van der Waals surface area contributed by atoms with Crippen molar-refractivity contribution in [3.8, 4) is 28.2 Å². The van der Waals surface area contributed by atoms with Crippen LogP contribution in [0.1, 0.15) is 23.5 Å². The summed E-state index contributed by atoms with van der Waals surface area (Å²) >= 11 is 3.54. The van der Waals surface area contributed by atoms with Crippen LogP contribution in [0.15, 0.2) is 77.3 Å². The van der Waals surface area contributed by atoms with E-state index in [-0.39, 0.29) is 0 Å². The molecule has 6 rings (SSSR count). The molecule has 0 radical (unpaired) electrons. The standard InChI is InChI=1S/C27H25BrN4O/c28-19-9-11-20(12-10-19)32-27-25-8-4-2-6-22(25)23(13-14-31-15-17-33-18-16-31)21-5-1-3-7-24(21)26(27)29-30-32/h1-12,23H,13-18H2. The Labute approximate surface area is 202 Å². The molecule has 1 aliphatic heterocycles. The molecule has 1 fully saturated rings. The van der Waals surface area contributed by atoms with Gasteiger partial charge in [-0.3, -0.25) is 4.90 Å². The quantitative estimate of drug-likeness (QED) is 0.369. The van der Waals surface area contributed by atoms with Gasteiger partial charge < -0.3 is 4.74 Å². The van der Waals surface area contributed by atoms with Gasteiger partial charge in [0.15, 0.2) is 0 Å². The van der Waals surface area contributed by atoms with Crippen molar-refractivity contribution in [1.82, 2.24) is 19.9 Å². The van der Waals surface area contributed by atoms with E-state index < -0.39 is 0 Å². The zero-order chi connectivity index (χ0) is 22.2. The molecule has 1 unspecified atom stereocenters. The molecule has 1 atom stereocenters. The van der Waals surface area contributed by atoms with Crippen LogP contribution in [0.25, 0.3) is 28.2 Å². The van der Waals surface area contributed by atoms with E-state index in [4.69, 9.17) is 9.84 Å². The Morgan fingerprint density at radius 2 is 1.52 bits per heavy atom. The van der Waals surface area contributed by atoms with Crippen molar-refractivity contribution in [3.63, 3.8) is 0 Å². The van der Waals surface area contributed by atoms with Gasteiger partial charge in [-0.15, -0.1) is 5.10 Å². The third kappa shape index (κ3) is 3.82. The van der Waals surface area contributed by atoms with Crippen molar-refractivity contribution < 1.29 is 4.74 Å². The van der Waals surface area contributed by atoms with Crippen LogP contribution in [0, 0.1) is 0 Å². The first-order valence-electron chi connectivity index (χ1n) is 11.5. The van der Waals surface area contributed by atoms with E-state index in [0.717, 1.165) is 60.8 Å². The number of aromatic nitrogens is 3. The van der Waals surface area contributed by atoms with Crippen LogP contribution in [-0.4, -0.2) is 52.7 Å². The summed E-state index contributed by atoms with van der Waals surface area (Å²) in [7, 11) is 0. The fourth-order valence-electron chi connectivity index (χ4n) is 5.12. The number of rotatable bonds is 4. The third-order valence-electron chi connectivity index (χ3n) is 6.76. The Kier molecular flexibility index (Phi) is 5.58. The first-order valence-corrected chi connectivity index (χ1v) is 12.3. The van der Waals surface area contributed by atoms with E-state index in [1.165, 1.54) is 22.3 Å². The molecule has 166 valence electrons. The second-order valence-corrected chi connectivity index (χ2v) is 9.56. The maximum absolute atomic E-state index is 5.56. The lowest BCUT2D eigenvalue weighted by Gasteiger charge is -2.29. The highest BCUT2D eigenvalue weighted by atomic mass is 79.9. The molecule has 0 saturated carbocycles. The van der Waals surface area contributed by atoms with Gasteiger partial charge in [0.25, 0.3) is 0 Å². The molecule has 2 aliphatic rings. The van der Waals surface area contributed by atoms with Crippen LogP contribution in [0.3, 0.4) is 0 Å². The van der Waals surface area contributed by atoms with Crippen molar-refractivity contribution in [2.75, 3.05) is 32.8 Å². The number of nitrogens with zero attached hydrogens (tertiary/aromatic N) is 4. The minimum atomic E-state index is 0.299. The molecule has 1 aliphatic carbocycles. The summed E-state index contributed by atoms with van der Waals surface area (Å²) in [6, 6.07) is 25.7. The molecule has 4 aromatic rings. The highest BCUT2D eigenvalue weighted by Gasteiger charge is 2.31. The summed E-state index contributed by atoms with van der Waals surface area (Å²) in [5.74, 6) is 0.299. The Bertz CT molecular complexity index is 1280. The maximum atomic E-state index is 5.56. The number of fused-ring (bicyclic) bond motifs is 5. The molecule has 2 heterocycles. The Balaban J connectivity index is 1.50. The lowest BCUT2D eigenvalue weighted by molar-refractivity contribution is 0.0370. The van der Waals surface area contributed by atoms with Crippen LogP contribution in [0.4, 0.5) is 0 Å². The van der Waals surface area contributed by atoms with Crippen molar-refractivity contribution in [1.29, 1.82) is 0 Å². The third-order valence-corrected chi connectivity index (χ3v) is 7.29. The van der Waals surface area contributed by atoms with Crippen LogP contribution in [-0.2, 0) is 4.74 Å². The first kappa shape index (κ1) is 20.8. The van der Waals surface area contributed by atoms with E-state index in [0.29, 0.717) is 5.92 Å².